The average Bonchev–Trinajstić information content (AvgIpc) is 2.59. The molecule has 0 aromatic carbocycles. The minimum atomic E-state index is -0.635. The molecule has 0 aliphatic carbocycles. The van der Waals surface area contributed by atoms with Gasteiger partial charge in [0.2, 0.25) is 0 Å². The van der Waals surface area contributed by atoms with Crippen molar-refractivity contribution in [3.63, 3.8) is 0 Å². The molecule has 3 heterocycles. The van der Waals surface area contributed by atoms with Gasteiger partial charge in [0.25, 0.3) is 0 Å². The van der Waals surface area contributed by atoms with Crippen LogP contribution in [0.25, 0.3) is 0 Å². The molecule has 3 aromatic heterocycles. The van der Waals surface area contributed by atoms with E-state index >= 15 is 0 Å². The van der Waals surface area contributed by atoms with Gasteiger partial charge in [0.15, 0.2) is 0 Å². The Labute approximate surface area is 123 Å². The minimum Gasteiger partial charge on any atom is -0.329 e. The van der Waals surface area contributed by atoms with Gasteiger partial charge >= 0.3 is 0 Å². The maximum Gasteiger partial charge on any atom is 0.109 e. The topological polar surface area (TPSA) is 64.7 Å². The summed E-state index contributed by atoms with van der Waals surface area (Å²) in [6.45, 7) is 0.345. The van der Waals surface area contributed by atoms with Gasteiger partial charge in [0.05, 0.1) is 17.1 Å². The van der Waals surface area contributed by atoms with Gasteiger partial charge in [0.1, 0.15) is 5.41 Å². The van der Waals surface area contributed by atoms with Crippen LogP contribution in [0, 0.1) is 0 Å². The maximum absolute atomic E-state index is 6.18. The van der Waals surface area contributed by atoms with Crippen LogP contribution < -0.4 is 5.73 Å². The second kappa shape index (κ2) is 5.81. The first-order chi connectivity index (χ1) is 10.4. The van der Waals surface area contributed by atoms with Gasteiger partial charge in [-0.15, -0.1) is 0 Å². The largest absolute Gasteiger partial charge is 0.329 e. The highest BCUT2D eigenvalue weighted by atomic mass is 14.8. The van der Waals surface area contributed by atoms with Crippen LogP contribution >= 0.6 is 0 Å². The van der Waals surface area contributed by atoms with Crippen molar-refractivity contribution in [2.24, 2.45) is 5.73 Å². The van der Waals surface area contributed by atoms with Crippen molar-refractivity contribution in [3.05, 3.63) is 90.3 Å². The predicted octanol–water partition coefficient (Wildman–Crippen LogP) is 2.16. The van der Waals surface area contributed by atoms with E-state index in [1.54, 1.807) is 18.6 Å². The fourth-order valence-corrected chi connectivity index (χ4v) is 2.55. The summed E-state index contributed by atoms with van der Waals surface area (Å²) in [7, 11) is 0. The summed E-state index contributed by atoms with van der Waals surface area (Å²) in [4.78, 5) is 13.5. The Balaban J connectivity index is 2.29. The first-order valence-corrected chi connectivity index (χ1v) is 6.82. The number of pyridine rings is 3. The van der Waals surface area contributed by atoms with Crippen LogP contribution in [0.3, 0.4) is 0 Å². The molecular formula is C17H16N4. The summed E-state index contributed by atoms with van der Waals surface area (Å²) in [6.07, 6.45) is 5.31. The van der Waals surface area contributed by atoms with Crippen molar-refractivity contribution in [2.75, 3.05) is 6.54 Å². The first-order valence-electron chi connectivity index (χ1n) is 6.82. The minimum absolute atomic E-state index is 0.345. The van der Waals surface area contributed by atoms with E-state index in [0.29, 0.717) is 6.54 Å². The predicted molar refractivity (Wildman–Crippen MR) is 81.6 cm³/mol. The molecule has 0 aliphatic rings. The Morgan fingerprint density at radius 3 is 1.29 bits per heavy atom. The third-order valence-electron chi connectivity index (χ3n) is 3.61. The Bertz CT molecular complexity index is 587. The highest BCUT2D eigenvalue weighted by Crippen LogP contribution is 2.34. The molecule has 0 saturated carbocycles. The van der Waals surface area contributed by atoms with Gasteiger partial charge < -0.3 is 5.73 Å². The summed E-state index contributed by atoms with van der Waals surface area (Å²) in [5.74, 6) is 0. The van der Waals surface area contributed by atoms with Crippen LogP contribution in [0.1, 0.15) is 17.1 Å². The summed E-state index contributed by atoms with van der Waals surface area (Å²) in [5, 5.41) is 0. The van der Waals surface area contributed by atoms with Crippen molar-refractivity contribution in [1.29, 1.82) is 0 Å². The molecule has 3 aromatic rings. The monoisotopic (exact) mass is 276 g/mol. The number of nitrogens with zero attached hydrogens (tertiary/aromatic N) is 3. The van der Waals surface area contributed by atoms with E-state index in [1.165, 1.54) is 0 Å². The molecule has 2 N–H and O–H groups in total. The molecule has 0 radical (unpaired) electrons. The summed E-state index contributed by atoms with van der Waals surface area (Å²) >= 11 is 0. The van der Waals surface area contributed by atoms with Crippen LogP contribution in [0.2, 0.25) is 0 Å². The van der Waals surface area contributed by atoms with Gasteiger partial charge in [-0.3, -0.25) is 15.0 Å². The zero-order valence-electron chi connectivity index (χ0n) is 11.6. The zero-order chi connectivity index (χ0) is 14.5. The third kappa shape index (κ3) is 2.30. The molecule has 21 heavy (non-hydrogen) atoms. The fourth-order valence-electron chi connectivity index (χ4n) is 2.55. The lowest BCUT2D eigenvalue weighted by atomic mass is 9.77. The Morgan fingerprint density at radius 2 is 1.05 bits per heavy atom. The molecule has 4 heteroatoms. The van der Waals surface area contributed by atoms with Crippen molar-refractivity contribution < 1.29 is 0 Å². The smallest absolute Gasteiger partial charge is 0.109 e. The normalized spacial score (nSPS) is 11.3. The molecule has 0 spiro atoms. The molecule has 0 aliphatic heterocycles. The van der Waals surface area contributed by atoms with Crippen molar-refractivity contribution in [2.45, 2.75) is 5.41 Å². The van der Waals surface area contributed by atoms with Gasteiger partial charge in [0, 0.05) is 25.1 Å². The standard InChI is InChI=1S/C17H16N4/c18-13-17(14-7-1-4-10-19-14,15-8-2-5-11-20-15)16-9-3-6-12-21-16/h1-12H,13,18H2. The lowest BCUT2D eigenvalue weighted by Gasteiger charge is -2.31. The lowest BCUT2D eigenvalue weighted by molar-refractivity contribution is 0.571. The Morgan fingerprint density at radius 1 is 0.667 bits per heavy atom. The summed E-state index contributed by atoms with van der Waals surface area (Å²) in [5.41, 5.74) is 8.10. The molecule has 0 fully saturated rings. The maximum atomic E-state index is 6.18. The molecule has 104 valence electrons. The van der Waals surface area contributed by atoms with Gasteiger partial charge in [-0.05, 0) is 36.4 Å². The summed E-state index contributed by atoms with van der Waals surface area (Å²) < 4.78 is 0. The van der Waals surface area contributed by atoms with Crippen LogP contribution in [0.5, 0.6) is 0 Å². The van der Waals surface area contributed by atoms with E-state index in [-0.39, 0.29) is 0 Å². The van der Waals surface area contributed by atoms with E-state index in [4.69, 9.17) is 5.73 Å². The first kappa shape index (κ1) is 13.4. The van der Waals surface area contributed by atoms with Crippen LogP contribution in [-0.4, -0.2) is 21.5 Å². The second-order valence-corrected chi connectivity index (χ2v) is 4.75. The van der Waals surface area contributed by atoms with E-state index in [2.05, 4.69) is 15.0 Å². The average molecular weight is 276 g/mol. The molecule has 0 bridgehead atoms. The summed E-state index contributed by atoms with van der Waals surface area (Å²) in [6, 6.07) is 17.4. The molecule has 0 amide bonds. The van der Waals surface area contributed by atoms with Crippen LogP contribution in [0.4, 0.5) is 0 Å². The lowest BCUT2D eigenvalue weighted by Crippen LogP contribution is -2.40. The van der Waals surface area contributed by atoms with E-state index < -0.39 is 5.41 Å². The number of hydrogen-bond donors (Lipinski definition) is 1. The highest BCUT2D eigenvalue weighted by Gasteiger charge is 2.38. The Hall–Kier alpha value is -2.59. The number of aromatic nitrogens is 3. The van der Waals surface area contributed by atoms with Crippen molar-refractivity contribution in [3.8, 4) is 0 Å². The molecule has 0 unspecified atom stereocenters. The van der Waals surface area contributed by atoms with Crippen LogP contribution in [0.15, 0.2) is 73.2 Å². The quantitative estimate of drug-likeness (QED) is 0.793. The SMILES string of the molecule is NCC(c1ccccn1)(c1ccccn1)c1ccccn1. The van der Waals surface area contributed by atoms with E-state index in [9.17, 15) is 0 Å². The fraction of sp³-hybridized carbons (Fsp3) is 0.118. The van der Waals surface area contributed by atoms with Crippen molar-refractivity contribution >= 4 is 0 Å². The number of nitrogens with two attached hydrogens (primary N) is 1. The molecule has 0 atom stereocenters. The zero-order valence-corrected chi connectivity index (χ0v) is 11.6. The van der Waals surface area contributed by atoms with Gasteiger partial charge in [-0.1, -0.05) is 18.2 Å². The molecule has 0 saturated heterocycles. The third-order valence-corrected chi connectivity index (χ3v) is 3.61. The van der Waals surface area contributed by atoms with Crippen molar-refractivity contribution in [1.82, 2.24) is 15.0 Å². The van der Waals surface area contributed by atoms with Gasteiger partial charge in [-0.25, -0.2) is 0 Å². The van der Waals surface area contributed by atoms with Gasteiger partial charge in [-0.2, -0.15) is 0 Å². The second-order valence-electron chi connectivity index (χ2n) is 4.75. The number of rotatable bonds is 4. The van der Waals surface area contributed by atoms with E-state index in [0.717, 1.165) is 17.1 Å². The molecular weight excluding hydrogens is 260 g/mol. The highest BCUT2D eigenvalue weighted by molar-refractivity contribution is 5.42. The number of hydrogen-bond acceptors (Lipinski definition) is 4. The van der Waals surface area contributed by atoms with Crippen LogP contribution in [-0.2, 0) is 5.41 Å². The molecule has 3 rings (SSSR count). The van der Waals surface area contributed by atoms with E-state index in [1.807, 2.05) is 54.6 Å². The Kier molecular flexibility index (Phi) is 3.71. The molecule has 4 nitrogen and oxygen atoms in total.